The topological polar surface area (TPSA) is 80.8 Å². The summed E-state index contributed by atoms with van der Waals surface area (Å²) >= 11 is 1.55. The number of carbonyl (C=O) groups excluding carboxylic acids is 2. The van der Waals surface area contributed by atoms with Gasteiger partial charge in [-0.2, -0.15) is 0 Å². The van der Waals surface area contributed by atoms with Crippen molar-refractivity contribution in [3.05, 3.63) is 42.1 Å². The largest absolute Gasteiger partial charge is 0.497 e. The summed E-state index contributed by atoms with van der Waals surface area (Å²) < 4.78 is 10.5. The molecule has 0 unspecified atom stereocenters. The van der Waals surface area contributed by atoms with E-state index in [1.165, 1.54) is 0 Å². The molecule has 0 bridgehead atoms. The van der Waals surface area contributed by atoms with Crippen LogP contribution in [0.25, 0.3) is 0 Å². The average Bonchev–Trinajstić information content (AvgIpc) is 2.78. The predicted octanol–water partition coefficient (Wildman–Crippen LogP) is 3.31. The highest BCUT2D eigenvalue weighted by Crippen LogP contribution is 2.26. The second kappa shape index (κ2) is 9.65. The van der Waals surface area contributed by atoms with Gasteiger partial charge in [-0.25, -0.2) is 4.98 Å². The van der Waals surface area contributed by atoms with E-state index in [4.69, 9.17) is 9.47 Å². The lowest BCUT2D eigenvalue weighted by Gasteiger charge is -2.31. The van der Waals surface area contributed by atoms with Crippen molar-refractivity contribution < 1.29 is 19.1 Å². The Labute approximate surface area is 174 Å². The van der Waals surface area contributed by atoms with Gasteiger partial charge < -0.3 is 19.7 Å². The molecule has 8 heteroatoms. The van der Waals surface area contributed by atoms with E-state index < -0.39 is 0 Å². The van der Waals surface area contributed by atoms with Gasteiger partial charge in [0.15, 0.2) is 0 Å². The summed E-state index contributed by atoms with van der Waals surface area (Å²) in [5.41, 5.74) is 1.21. The number of benzene rings is 1. The fourth-order valence-corrected chi connectivity index (χ4v) is 3.64. The molecule has 7 nitrogen and oxygen atoms in total. The lowest BCUT2D eigenvalue weighted by Crippen LogP contribution is -2.41. The zero-order valence-electron chi connectivity index (χ0n) is 16.8. The molecular formula is C21H25N3O4S. The van der Waals surface area contributed by atoms with Gasteiger partial charge in [0.1, 0.15) is 11.5 Å². The third kappa shape index (κ3) is 5.20. The first-order chi connectivity index (χ1) is 14.0. The molecule has 2 heterocycles. The standard InChI is InChI=1S/C21H25N3O4S/c1-27-17-10-15(11-18(12-17)28-2)21(26)24-8-6-14(7-9-24)20(25)23-16-4-5-19(29-3)22-13-16/h4-5,10-14H,6-9H2,1-3H3,(H,23,25). The molecule has 0 saturated carbocycles. The third-order valence-corrected chi connectivity index (χ3v) is 5.62. The highest BCUT2D eigenvalue weighted by molar-refractivity contribution is 7.98. The number of aromatic nitrogens is 1. The molecular weight excluding hydrogens is 390 g/mol. The van der Waals surface area contributed by atoms with Crippen LogP contribution in [0, 0.1) is 5.92 Å². The number of rotatable bonds is 6. The van der Waals surface area contributed by atoms with E-state index in [1.807, 2.05) is 18.4 Å². The molecule has 1 aliphatic rings. The number of ether oxygens (including phenoxy) is 2. The van der Waals surface area contributed by atoms with E-state index >= 15 is 0 Å². The second-order valence-electron chi connectivity index (χ2n) is 6.75. The lowest BCUT2D eigenvalue weighted by molar-refractivity contribution is -0.121. The van der Waals surface area contributed by atoms with Gasteiger partial charge in [0, 0.05) is 30.6 Å². The molecule has 0 aliphatic carbocycles. The maximum Gasteiger partial charge on any atom is 0.254 e. The Hall–Kier alpha value is -2.74. The number of nitrogens with one attached hydrogen (secondary N) is 1. The van der Waals surface area contributed by atoms with Gasteiger partial charge >= 0.3 is 0 Å². The van der Waals surface area contributed by atoms with E-state index in [2.05, 4.69) is 10.3 Å². The number of pyridine rings is 1. The van der Waals surface area contributed by atoms with Crippen molar-refractivity contribution in [2.45, 2.75) is 17.9 Å². The van der Waals surface area contributed by atoms with Gasteiger partial charge in [-0.1, -0.05) is 0 Å². The van der Waals surface area contributed by atoms with E-state index in [1.54, 1.807) is 55.3 Å². The van der Waals surface area contributed by atoms with Gasteiger partial charge in [0.05, 0.1) is 31.1 Å². The first kappa shape index (κ1) is 21.0. The SMILES string of the molecule is COc1cc(OC)cc(C(=O)N2CCC(C(=O)Nc3ccc(SC)nc3)CC2)c1. The monoisotopic (exact) mass is 415 g/mol. The number of thioether (sulfide) groups is 1. The molecule has 1 aromatic heterocycles. The number of anilines is 1. The third-order valence-electron chi connectivity index (χ3n) is 4.96. The molecule has 0 atom stereocenters. The van der Waals surface area contributed by atoms with Crippen LogP contribution in [-0.4, -0.2) is 55.3 Å². The molecule has 0 radical (unpaired) electrons. The number of amides is 2. The Bertz CT molecular complexity index is 842. The summed E-state index contributed by atoms with van der Waals surface area (Å²) in [5.74, 6) is 0.905. The summed E-state index contributed by atoms with van der Waals surface area (Å²) in [6.45, 7) is 1.06. The predicted molar refractivity (Wildman–Crippen MR) is 113 cm³/mol. The van der Waals surface area contributed by atoms with Crippen LogP contribution in [0.4, 0.5) is 5.69 Å². The van der Waals surface area contributed by atoms with Crippen LogP contribution in [0.15, 0.2) is 41.6 Å². The zero-order valence-corrected chi connectivity index (χ0v) is 17.6. The van der Waals surface area contributed by atoms with Crippen molar-refractivity contribution >= 4 is 29.3 Å². The fourth-order valence-electron chi connectivity index (χ4n) is 3.28. The smallest absolute Gasteiger partial charge is 0.254 e. The molecule has 1 N–H and O–H groups in total. The Balaban J connectivity index is 1.58. The molecule has 29 heavy (non-hydrogen) atoms. The highest BCUT2D eigenvalue weighted by atomic mass is 32.2. The van der Waals surface area contributed by atoms with Crippen LogP contribution < -0.4 is 14.8 Å². The molecule has 1 saturated heterocycles. The minimum Gasteiger partial charge on any atom is -0.497 e. The molecule has 1 fully saturated rings. The van der Waals surface area contributed by atoms with Crippen LogP contribution in [0.1, 0.15) is 23.2 Å². The first-order valence-corrected chi connectivity index (χ1v) is 10.6. The number of carbonyl (C=O) groups is 2. The van der Waals surface area contributed by atoms with Crippen molar-refractivity contribution in [2.75, 3.05) is 38.9 Å². The minimum atomic E-state index is -0.126. The van der Waals surface area contributed by atoms with Gasteiger partial charge in [-0.3, -0.25) is 9.59 Å². The number of likely N-dealkylation sites (tertiary alicyclic amines) is 1. The van der Waals surface area contributed by atoms with Crippen molar-refractivity contribution in [3.8, 4) is 11.5 Å². The number of hydrogen-bond donors (Lipinski definition) is 1. The molecule has 1 aliphatic heterocycles. The Morgan fingerprint density at radius 2 is 1.76 bits per heavy atom. The van der Waals surface area contributed by atoms with E-state index in [9.17, 15) is 9.59 Å². The fraction of sp³-hybridized carbons (Fsp3) is 0.381. The van der Waals surface area contributed by atoms with Crippen LogP contribution in [0.2, 0.25) is 0 Å². The zero-order chi connectivity index (χ0) is 20.8. The number of piperidine rings is 1. The summed E-state index contributed by atoms with van der Waals surface area (Å²) in [4.78, 5) is 31.5. The van der Waals surface area contributed by atoms with Crippen LogP contribution in [0.3, 0.4) is 0 Å². The van der Waals surface area contributed by atoms with Gasteiger partial charge in [-0.05, 0) is 43.4 Å². The highest BCUT2D eigenvalue weighted by Gasteiger charge is 2.28. The Morgan fingerprint density at radius 3 is 2.28 bits per heavy atom. The number of nitrogens with zero attached hydrogens (tertiary/aromatic N) is 2. The van der Waals surface area contributed by atoms with E-state index in [-0.39, 0.29) is 17.7 Å². The molecule has 154 valence electrons. The molecule has 3 rings (SSSR count). The van der Waals surface area contributed by atoms with Crippen molar-refractivity contribution in [1.82, 2.24) is 9.88 Å². The van der Waals surface area contributed by atoms with E-state index in [0.717, 1.165) is 5.03 Å². The van der Waals surface area contributed by atoms with Crippen LogP contribution >= 0.6 is 11.8 Å². The normalized spacial score (nSPS) is 14.4. The van der Waals surface area contributed by atoms with E-state index in [0.29, 0.717) is 48.7 Å². The van der Waals surface area contributed by atoms with Gasteiger partial charge in [0.25, 0.3) is 5.91 Å². The Kier molecular flexibility index (Phi) is 6.98. The average molecular weight is 416 g/mol. The van der Waals surface area contributed by atoms with Crippen LogP contribution in [-0.2, 0) is 4.79 Å². The summed E-state index contributed by atoms with van der Waals surface area (Å²) in [5, 5.41) is 3.83. The molecule has 0 spiro atoms. The summed E-state index contributed by atoms with van der Waals surface area (Å²) in [7, 11) is 3.11. The maximum absolute atomic E-state index is 12.9. The minimum absolute atomic E-state index is 0.0288. The van der Waals surface area contributed by atoms with Crippen LogP contribution in [0.5, 0.6) is 11.5 Å². The van der Waals surface area contributed by atoms with Gasteiger partial charge in [0.2, 0.25) is 5.91 Å². The summed E-state index contributed by atoms with van der Waals surface area (Å²) in [6.07, 6.45) is 4.86. The summed E-state index contributed by atoms with van der Waals surface area (Å²) in [6, 6.07) is 8.87. The molecule has 2 aromatic rings. The second-order valence-corrected chi connectivity index (χ2v) is 7.57. The van der Waals surface area contributed by atoms with Crippen molar-refractivity contribution in [1.29, 1.82) is 0 Å². The number of hydrogen-bond acceptors (Lipinski definition) is 6. The molecule has 2 amide bonds. The van der Waals surface area contributed by atoms with Crippen molar-refractivity contribution in [2.24, 2.45) is 5.92 Å². The first-order valence-electron chi connectivity index (χ1n) is 9.37. The number of methoxy groups -OCH3 is 2. The van der Waals surface area contributed by atoms with Crippen molar-refractivity contribution in [3.63, 3.8) is 0 Å². The lowest BCUT2D eigenvalue weighted by atomic mass is 9.95. The molecule has 1 aromatic carbocycles. The Morgan fingerprint density at radius 1 is 1.10 bits per heavy atom. The van der Waals surface area contributed by atoms with Gasteiger partial charge in [-0.15, -0.1) is 11.8 Å². The quantitative estimate of drug-likeness (QED) is 0.729. The maximum atomic E-state index is 12.9.